The van der Waals surface area contributed by atoms with Gasteiger partial charge in [-0.25, -0.2) is 9.96 Å². The van der Waals surface area contributed by atoms with E-state index < -0.39 is 18.1 Å². The SMILES string of the molecule is COc1cccc(N2C(=O)[C@H]3[C@@H](c4cccs4)N(c4ccc(Cl)cc4)O[C@H]3C2=O)c1. The maximum atomic E-state index is 13.5. The second-order valence-corrected chi connectivity index (χ2v) is 8.44. The Labute approximate surface area is 182 Å². The minimum absolute atomic E-state index is 0.284. The van der Waals surface area contributed by atoms with E-state index in [0.717, 1.165) is 10.6 Å². The summed E-state index contributed by atoms with van der Waals surface area (Å²) in [4.78, 5) is 35.0. The molecular weight excluding hydrogens is 424 g/mol. The van der Waals surface area contributed by atoms with E-state index in [-0.39, 0.29) is 11.8 Å². The number of carbonyl (C=O) groups excluding carboxylic acids is 2. The predicted molar refractivity (Wildman–Crippen MR) is 115 cm³/mol. The molecule has 3 aromatic rings. The minimum Gasteiger partial charge on any atom is -0.497 e. The average molecular weight is 441 g/mol. The molecule has 0 bridgehead atoms. The number of hydrogen-bond donors (Lipinski definition) is 0. The van der Waals surface area contributed by atoms with Crippen LogP contribution in [0.4, 0.5) is 11.4 Å². The van der Waals surface area contributed by atoms with Gasteiger partial charge >= 0.3 is 0 Å². The normalized spacial score (nSPS) is 23.2. The molecule has 0 unspecified atom stereocenters. The Bertz CT molecular complexity index is 1100. The molecule has 3 heterocycles. The summed E-state index contributed by atoms with van der Waals surface area (Å²) >= 11 is 7.55. The molecule has 2 aromatic carbocycles. The number of benzene rings is 2. The van der Waals surface area contributed by atoms with Gasteiger partial charge < -0.3 is 4.74 Å². The second-order valence-electron chi connectivity index (χ2n) is 7.03. The van der Waals surface area contributed by atoms with Gasteiger partial charge in [-0.1, -0.05) is 23.7 Å². The molecule has 2 fully saturated rings. The average Bonchev–Trinajstić information content (AvgIpc) is 3.46. The van der Waals surface area contributed by atoms with Crippen LogP contribution in [-0.2, 0) is 14.4 Å². The molecule has 8 heteroatoms. The van der Waals surface area contributed by atoms with E-state index in [4.69, 9.17) is 21.2 Å². The van der Waals surface area contributed by atoms with Gasteiger partial charge in [0.2, 0.25) is 5.91 Å². The zero-order valence-electron chi connectivity index (χ0n) is 15.9. The summed E-state index contributed by atoms with van der Waals surface area (Å²) in [6.45, 7) is 0. The highest BCUT2D eigenvalue weighted by atomic mass is 35.5. The van der Waals surface area contributed by atoms with E-state index in [1.807, 2.05) is 29.6 Å². The van der Waals surface area contributed by atoms with E-state index in [9.17, 15) is 9.59 Å². The quantitative estimate of drug-likeness (QED) is 0.560. The van der Waals surface area contributed by atoms with Crippen molar-refractivity contribution in [2.24, 2.45) is 5.92 Å². The molecule has 2 aliphatic heterocycles. The fourth-order valence-corrected chi connectivity index (χ4v) is 4.96. The van der Waals surface area contributed by atoms with Crippen LogP contribution in [-0.4, -0.2) is 25.0 Å². The van der Waals surface area contributed by atoms with Crippen molar-refractivity contribution in [2.75, 3.05) is 17.1 Å². The number of hydrogen-bond acceptors (Lipinski definition) is 6. The van der Waals surface area contributed by atoms with Crippen LogP contribution in [0.1, 0.15) is 10.9 Å². The first-order valence-electron chi connectivity index (χ1n) is 9.35. The Balaban J connectivity index is 1.55. The van der Waals surface area contributed by atoms with Crippen LogP contribution in [0, 0.1) is 5.92 Å². The largest absolute Gasteiger partial charge is 0.497 e. The van der Waals surface area contributed by atoms with Crippen molar-refractivity contribution >= 4 is 46.1 Å². The number of hydroxylamine groups is 1. The summed E-state index contributed by atoms with van der Waals surface area (Å²) in [5, 5.41) is 4.21. The molecule has 0 radical (unpaired) electrons. The Hall–Kier alpha value is -2.87. The van der Waals surface area contributed by atoms with Crippen molar-refractivity contribution in [3.63, 3.8) is 0 Å². The molecule has 5 rings (SSSR count). The molecule has 6 nitrogen and oxygen atoms in total. The number of carbonyl (C=O) groups is 2. The smallest absolute Gasteiger partial charge is 0.266 e. The maximum absolute atomic E-state index is 13.5. The number of anilines is 2. The number of rotatable bonds is 4. The zero-order valence-corrected chi connectivity index (χ0v) is 17.5. The highest BCUT2D eigenvalue weighted by Crippen LogP contribution is 2.48. The van der Waals surface area contributed by atoms with E-state index in [1.54, 1.807) is 48.6 Å². The highest BCUT2D eigenvalue weighted by Gasteiger charge is 2.60. The summed E-state index contributed by atoms with van der Waals surface area (Å²) in [5.74, 6) is -0.744. The lowest BCUT2D eigenvalue weighted by Crippen LogP contribution is -2.37. The number of halogens is 1. The van der Waals surface area contributed by atoms with E-state index >= 15 is 0 Å². The fraction of sp³-hybridized carbons (Fsp3) is 0.182. The van der Waals surface area contributed by atoms with E-state index in [2.05, 4.69) is 0 Å². The van der Waals surface area contributed by atoms with Crippen LogP contribution >= 0.6 is 22.9 Å². The maximum Gasteiger partial charge on any atom is 0.266 e. The van der Waals surface area contributed by atoms with Crippen LogP contribution in [0.5, 0.6) is 5.75 Å². The van der Waals surface area contributed by atoms with Gasteiger partial charge in [-0.3, -0.25) is 14.4 Å². The highest BCUT2D eigenvalue weighted by molar-refractivity contribution is 7.10. The summed E-state index contributed by atoms with van der Waals surface area (Å²) in [5.41, 5.74) is 1.21. The molecule has 30 heavy (non-hydrogen) atoms. The monoisotopic (exact) mass is 440 g/mol. The number of methoxy groups -OCH3 is 1. The number of nitrogens with zero attached hydrogens (tertiary/aromatic N) is 2. The van der Waals surface area contributed by atoms with Gasteiger partial charge in [0.1, 0.15) is 17.7 Å². The Morgan fingerprint density at radius 2 is 1.80 bits per heavy atom. The van der Waals surface area contributed by atoms with E-state index in [1.165, 1.54) is 16.2 Å². The third-order valence-corrected chi connectivity index (χ3v) is 6.54. The molecule has 152 valence electrons. The standard InChI is InChI=1S/C22H17ClN2O4S/c1-28-16-5-2-4-15(12-16)24-21(26)18-19(17-6-3-11-30-17)25(29-20(18)22(24)27)14-9-7-13(23)8-10-14/h2-12,18-20H,1H3/t18-,19+,20+/m0/s1. The van der Waals surface area contributed by atoms with Gasteiger partial charge in [-0.2, -0.15) is 0 Å². The summed E-state index contributed by atoms with van der Waals surface area (Å²) < 4.78 is 5.25. The van der Waals surface area contributed by atoms with Crippen LogP contribution in [0.25, 0.3) is 0 Å². The molecule has 0 spiro atoms. The zero-order chi connectivity index (χ0) is 20.8. The Kier molecular flexibility index (Phi) is 4.73. The van der Waals surface area contributed by atoms with Gasteiger partial charge in [0.15, 0.2) is 6.10 Å². The van der Waals surface area contributed by atoms with Crippen molar-refractivity contribution in [2.45, 2.75) is 12.1 Å². The van der Waals surface area contributed by atoms with Crippen molar-refractivity contribution < 1.29 is 19.2 Å². The third-order valence-electron chi connectivity index (χ3n) is 5.34. The number of thiophene rings is 1. The van der Waals surface area contributed by atoms with Crippen molar-refractivity contribution in [3.8, 4) is 5.75 Å². The predicted octanol–water partition coefficient (Wildman–Crippen LogP) is 4.46. The molecule has 0 aliphatic carbocycles. The summed E-state index contributed by atoms with van der Waals surface area (Å²) in [7, 11) is 1.54. The van der Waals surface area contributed by atoms with Gasteiger partial charge in [-0.15, -0.1) is 11.3 Å². The topological polar surface area (TPSA) is 59.1 Å². The number of fused-ring (bicyclic) bond motifs is 1. The summed E-state index contributed by atoms with van der Waals surface area (Å²) in [6.07, 6.45) is -0.897. The lowest BCUT2D eigenvalue weighted by atomic mass is 9.95. The van der Waals surface area contributed by atoms with Gasteiger partial charge in [0.25, 0.3) is 5.91 Å². The van der Waals surface area contributed by atoms with Crippen molar-refractivity contribution in [3.05, 3.63) is 75.9 Å². The Morgan fingerprint density at radius 3 is 2.50 bits per heavy atom. The van der Waals surface area contributed by atoms with Crippen LogP contribution in [0.3, 0.4) is 0 Å². The van der Waals surface area contributed by atoms with Gasteiger partial charge in [-0.05, 0) is 47.8 Å². The number of imide groups is 1. The lowest BCUT2D eigenvalue weighted by Gasteiger charge is -2.28. The molecule has 3 atom stereocenters. The van der Waals surface area contributed by atoms with Gasteiger partial charge in [0, 0.05) is 16.0 Å². The fourth-order valence-electron chi connectivity index (χ4n) is 3.98. The van der Waals surface area contributed by atoms with Crippen LogP contribution in [0.15, 0.2) is 66.0 Å². The molecule has 2 amide bonds. The molecule has 1 aromatic heterocycles. The number of ether oxygens (including phenoxy) is 1. The molecule has 2 aliphatic rings. The third kappa shape index (κ3) is 2.98. The Morgan fingerprint density at radius 1 is 1.00 bits per heavy atom. The second kappa shape index (κ2) is 7.43. The molecule has 0 N–H and O–H groups in total. The van der Waals surface area contributed by atoms with Crippen LogP contribution in [0.2, 0.25) is 5.02 Å². The lowest BCUT2D eigenvalue weighted by molar-refractivity contribution is -0.126. The van der Waals surface area contributed by atoms with Crippen molar-refractivity contribution in [1.82, 2.24) is 0 Å². The molecule has 0 saturated carbocycles. The van der Waals surface area contributed by atoms with Crippen LogP contribution < -0.4 is 14.7 Å². The minimum atomic E-state index is -0.897. The van der Waals surface area contributed by atoms with Crippen molar-refractivity contribution in [1.29, 1.82) is 0 Å². The summed E-state index contributed by atoms with van der Waals surface area (Å²) in [6, 6.07) is 17.5. The molecule has 2 saturated heterocycles. The van der Waals surface area contributed by atoms with E-state index in [0.29, 0.717) is 16.5 Å². The first-order valence-corrected chi connectivity index (χ1v) is 10.6. The first-order chi connectivity index (χ1) is 14.6. The van der Waals surface area contributed by atoms with Gasteiger partial charge in [0.05, 0.1) is 18.5 Å². The molecular formula is C22H17ClN2O4S. The number of amides is 2. The first kappa shape index (κ1) is 19.1.